The molecule has 0 aromatic carbocycles. The summed E-state index contributed by atoms with van der Waals surface area (Å²) in [4.78, 5) is 6.69. The Labute approximate surface area is 129 Å². The summed E-state index contributed by atoms with van der Waals surface area (Å²) in [6, 6.07) is 0. The molecule has 0 aromatic heterocycles. The second kappa shape index (κ2) is 7.79. The van der Waals surface area contributed by atoms with Gasteiger partial charge in [-0.05, 0) is 43.6 Å². The molecule has 2 rings (SSSR count). The van der Waals surface area contributed by atoms with Crippen molar-refractivity contribution in [1.82, 2.24) is 4.90 Å². The van der Waals surface area contributed by atoms with Crippen molar-refractivity contribution < 1.29 is 4.74 Å². The Morgan fingerprint density at radius 1 is 1.24 bits per heavy atom. The molecule has 0 bridgehead atoms. The van der Waals surface area contributed by atoms with E-state index in [2.05, 4.69) is 43.3 Å². The minimum atomic E-state index is 0.719. The van der Waals surface area contributed by atoms with Crippen LogP contribution in [-0.2, 0) is 4.74 Å². The molecular formula is C18H30N2O. The van der Waals surface area contributed by atoms with E-state index in [0.29, 0.717) is 0 Å². The van der Waals surface area contributed by atoms with Gasteiger partial charge in [-0.2, -0.15) is 0 Å². The van der Waals surface area contributed by atoms with Crippen LogP contribution in [0.2, 0.25) is 0 Å². The van der Waals surface area contributed by atoms with Gasteiger partial charge in [-0.3, -0.25) is 0 Å². The molecule has 0 radical (unpaired) electrons. The molecule has 0 spiro atoms. The van der Waals surface area contributed by atoms with E-state index >= 15 is 0 Å². The molecule has 118 valence electrons. The van der Waals surface area contributed by atoms with Gasteiger partial charge in [0.15, 0.2) is 0 Å². The highest BCUT2D eigenvalue weighted by atomic mass is 16.5. The molecule has 3 nitrogen and oxygen atoms in total. The molecule has 0 aromatic rings. The summed E-state index contributed by atoms with van der Waals surface area (Å²) in [7, 11) is 0. The van der Waals surface area contributed by atoms with Crippen molar-refractivity contribution in [1.29, 1.82) is 0 Å². The number of allylic oxidation sites excluding steroid dienone is 2. The van der Waals surface area contributed by atoms with Gasteiger partial charge in [-0.1, -0.05) is 32.4 Å². The lowest BCUT2D eigenvalue weighted by Crippen LogP contribution is -2.34. The monoisotopic (exact) mass is 290 g/mol. The van der Waals surface area contributed by atoms with E-state index in [-0.39, 0.29) is 0 Å². The number of hydrogen-bond donors (Lipinski definition) is 0. The van der Waals surface area contributed by atoms with Gasteiger partial charge in [0.25, 0.3) is 0 Å². The Bertz CT molecular complexity index is 407. The van der Waals surface area contributed by atoms with Gasteiger partial charge in [0.1, 0.15) is 5.82 Å². The summed E-state index contributed by atoms with van der Waals surface area (Å²) in [5.41, 5.74) is 1.47. The first-order valence-corrected chi connectivity index (χ1v) is 8.30. The molecular weight excluding hydrogens is 260 g/mol. The standard InChI is InChI=1S/C18H30N2O/c1-14-5-6-15(2)18(13-14)16(3)7-8-19-17(4)20-9-11-21-12-10-20/h7-8,14-15,18H,4-6,9-13H2,1-3H3/b16-7+,19-8?/t14-,15+,18-/m1/s1. The van der Waals surface area contributed by atoms with E-state index in [1.807, 2.05) is 6.21 Å². The van der Waals surface area contributed by atoms with Crippen LogP contribution in [0.4, 0.5) is 0 Å². The SMILES string of the molecule is C=C(N=C/C=C(\C)[C@@H]1C[C@H](C)CC[C@@H]1C)N1CCOCC1. The lowest BCUT2D eigenvalue weighted by atomic mass is 9.72. The molecule has 21 heavy (non-hydrogen) atoms. The first-order chi connectivity index (χ1) is 10.1. The van der Waals surface area contributed by atoms with Crippen LogP contribution >= 0.6 is 0 Å². The van der Waals surface area contributed by atoms with Gasteiger partial charge in [0.05, 0.1) is 13.2 Å². The molecule has 0 unspecified atom stereocenters. The summed E-state index contributed by atoms with van der Waals surface area (Å²) in [5, 5.41) is 0. The molecule has 0 amide bonds. The average Bonchev–Trinajstić information content (AvgIpc) is 2.50. The summed E-state index contributed by atoms with van der Waals surface area (Å²) < 4.78 is 5.35. The summed E-state index contributed by atoms with van der Waals surface area (Å²) in [6.07, 6.45) is 8.17. The fraction of sp³-hybridized carbons (Fsp3) is 0.722. The van der Waals surface area contributed by atoms with Crippen LogP contribution in [0.1, 0.15) is 40.0 Å². The number of ether oxygens (including phenoxy) is 1. The molecule has 2 aliphatic rings. The van der Waals surface area contributed by atoms with Gasteiger partial charge in [0, 0.05) is 19.3 Å². The van der Waals surface area contributed by atoms with Crippen LogP contribution in [0.5, 0.6) is 0 Å². The molecule has 1 saturated carbocycles. The highest BCUT2D eigenvalue weighted by Gasteiger charge is 2.26. The maximum absolute atomic E-state index is 5.35. The third-order valence-corrected chi connectivity index (χ3v) is 4.98. The highest BCUT2D eigenvalue weighted by Crippen LogP contribution is 2.37. The number of morpholine rings is 1. The minimum absolute atomic E-state index is 0.719. The molecule has 1 heterocycles. The summed E-state index contributed by atoms with van der Waals surface area (Å²) in [5.74, 6) is 3.23. The Balaban J connectivity index is 1.89. The molecule has 1 aliphatic carbocycles. The van der Waals surface area contributed by atoms with E-state index in [4.69, 9.17) is 4.74 Å². The molecule has 3 atom stereocenters. The molecule has 1 saturated heterocycles. The van der Waals surface area contributed by atoms with Crippen molar-refractivity contribution >= 4 is 6.21 Å². The zero-order valence-electron chi connectivity index (χ0n) is 13.8. The van der Waals surface area contributed by atoms with E-state index < -0.39 is 0 Å². The summed E-state index contributed by atoms with van der Waals surface area (Å²) in [6.45, 7) is 14.4. The topological polar surface area (TPSA) is 24.8 Å². The van der Waals surface area contributed by atoms with Crippen LogP contribution in [0, 0.1) is 17.8 Å². The lowest BCUT2D eigenvalue weighted by molar-refractivity contribution is 0.0534. The van der Waals surface area contributed by atoms with Crippen LogP contribution in [0.25, 0.3) is 0 Å². The fourth-order valence-electron chi connectivity index (χ4n) is 3.43. The van der Waals surface area contributed by atoms with Crippen molar-refractivity contribution in [2.24, 2.45) is 22.7 Å². The van der Waals surface area contributed by atoms with Crippen molar-refractivity contribution in [3.63, 3.8) is 0 Å². The third-order valence-electron chi connectivity index (χ3n) is 4.98. The zero-order chi connectivity index (χ0) is 15.2. The van der Waals surface area contributed by atoms with Crippen molar-refractivity contribution in [3.8, 4) is 0 Å². The van der Waals surface area contributed by atoms with Crippen LogP contribution in [0.3, 0.4) is 0 Å². The first kappa shape index (κ1) is 16.3. The molecule has 3 heteroatoms. The van der Waals surface area contributed by atoms with Gasteiger partial charge in [0.2, 0.25) is 0 Å². The smallest absolute Gasteiger partial charge is 0.121 e. The van der Waals surface area contributed by atoms with Crippen molar-refractivity contribution in [2.45, 2.75) is 40.0 Å². The predicted octanol–water partition coefficient (Wildman–Crippen LogP) is 3.88. The Kier molecular flexibility index (Phi) is 6.04. The number of aliphatic imine (C=N–C) groups is 1. The molecule has 1 aliphatic heterocycles. The number of rotatable bonds is 4. The Morgan fingerprint density at radius 2 is 1.95 bits per heavy atom. The average molecular weight is 290 g/mol. The zero-order valence-corrected chi connectivity index (χ0v) is 13.8. The molecule has 0 N–H and O–H groups in total. The second-order valence-corrected chi connectivity index (χ2v) is 6.71. The normalized spacial score (nSPS) is 31.7. The fourth-order valence-corrected chi connectivity index (χ4v) is 3.43. The molecule has 2 fully saturated rings. The third kappa shape index (κ3) is 4.70. The van der Waals surface area contributed by atoms with E-state index in [1.54, 1.807) is 0 Å². The van der Waals surface area contributed by atoms with Crippen molar-refractivity contribution in [3.05, 3.63) is 24.0 Å². The van der Waals surface area contributed by atoms with E-state index in [1.165, 1.54) is 24.8 Å². The maximum atomic E-state index is 5.35. The summed E-state index contributed by atoms with van der Waals surface area (Å²) >= 11 is 0. The largest absolute Gasteiger partial charge is 0.378 e. The van der Waals surface area contributed by atoms with Gasteiger partial charge >= 0.3 is 0 Å². The van der Waals surface area contributed by atoms with Crippen LogP contribution < -0.4 is 0 Å². The highest BCUT2D eigenvalue weighted by molar-refractivity contribution is 5.73. The first-order valence-electron chi connectivity index (χ1n) is 8.30. The van der Waals surface area contributed by atoms with Gasteiger partial charge in [-0.25, -0.2) is 4.99 Å². The number of hydrogen-bond acceptors (Lipinski definition) is 3. The van der Waals surface area contributed by atoms with E-state index in [9.17, 15) is 0 Å². The Hall–Kier alpha value is -1.09. The van der Waals surface area contributed by atoms with E-state index in [0.717, 1.165) is 49.9 Å². The predicted molar refractivity (Wildman–Crippen MR) is 89.5 cm³/mol. The van der Waals surface area contributed by atoms with Crippen molar-refractivity contribution in [2.75, 3.05) is 26.3 Å². The maximum Gasteiger partial charge on any atom is 0.121 e. The number of nitrogens with zero attached hydrogens (tertiary/aromatic N) is 2. The van der Waals surface area contributed by atoms with Gasteiger partial charge < -0.3 is 9.64 Å². The lowest BCUT2D eigenvalue weighted by Gasteiger charge is -2.33. The quantitative estimate of drug-likeness (QED) is 0.734. The Morgan fingerprint density at radius 3 is 2.67 bits per heavy atom. The van der Waals surface area contributed by atoms with Crippen LogP contribution in [0.15, 0.2) is 29.0 Å². The second-order valence-electron chi connectivity index (χ2n) is 6.71. The minimum Gasteiger partial charge on any atom is -0.378 e. The van der Waals surface area contributed by atoms with Crippen LogP contribution in [-0.4, -0.2) is 37.4 Å². The van der Waals surface area contributed by atoms with Gasteiger partial charge in [-0.15, -0.1) is 0 Å².